The van der Waals surface area contributed by atoms with Gasteiger partial charge in [0.25, 0.3) is 5.56 Å². The van der Waals surface area contributed by atoms with Crippen LogP contribution in [0.3, 0.4) is 0 Å². The Morgan fingerprint density at radius 2 is 2.10 bits per heavy atom. The second-order valence-electron chi connectivity index (χ2n) is 6.56. The summed E-state index contributed by atoms with van der Waals surface area (Å²) in [6, 6.07) is 10.1. The van der Waals surface area contributed by atoms with Gasteiger partial charge < -0.3 is 13.9 Å². The molecule has 7 nitrogen and oxygen atoms in total. The van der Waals surface area contributed by atoms with Gasteiger partial charge in [-0.3, -0.25) is 9.36 Å². The first-order chi connectivity index (χ1) is 14.5. The molecule has 8 heteroatoms. The number of benzene rings is 1. The number of carbonyl (C=O) groups excluding carboxylic acids is 1. The molecule has 0 amide bonds. The van der Waals surface area contributed by atoms with Crippen molar-refractivity contribution in [1.82, 2.24) is 4.57 Å². The first-order valence-corrected chi connectivity index (χ1v) is 10.2. The summed E-state index contributed by atoms with van der Waals surface area (Å²) in [6.45, 7) is 3.71. The highest BCUT2D eigenvalue weighted by Crippen LogP contribution is 2.35. The molecule has 2 aromatic heterocycles. The third-order valence-corrected chi connectivity index (χ3v) is 5.75. The van der Waals surface area contributed by atoms with Gasteiger partial charge in [-0.15, -0.1) is 0 Å². The molecule has 30 heavy (non-hydrogen) atoms. The number of furan rings is 1. The van der Waals surface area contributed by atoms with Gasteiger partial charge in [0.05, 0.1) is 35.8 Å². The number of aromatic nitrogens is 1. The van der Waals surface area contributed by atoms with E-state index in [1.807, 2.05) is 18.2 Å². The van der Waals surface area contributed by atoms with Crippen molar-refractivity contribution < 1.29 is 18.7 Å². The monoisotopic (exact) mass is 424 g/mol. The van der Waals surface area contributed by atoms with E-state index in [0.717, 1.165) is 0 Å². The van der Waals surface area contributed by atoms with E-state index in [4.69, 9.17) is 13.9 Å². The van der Waals surface area contributed by atoms with Gasteiger partial charge >= 0.3 is 5.97 Å². The molecule has 3 heterocycles. The molecule has 0 saturated carbocycles. The van der Waals surface area contributed by atoms with Crippen LogP contribution in [-0.2, 0) is 9.53 Å². The van der Waals surface area contributed by atoms with Crippen molar-refractivity contribution in [3.63, 3.8) is 0 Å². The van der Waals surface area contributed by atoms with Crippen molar-refractivity contribution in [2.24, 2.45) is 4.99 Å². The molecule has 1 atom stereocenters. The minimum Gasteiger partial charge on any atom is -0.496 e. The number of rotatable bonds is 5. The number of methoxy groups -OCH3 is 1. The summed E-state index contributed by atoms with van der Waals surface area (Å²) >= 11 is 1.24. The molecule has 3 aromatic rings. The summed E-state index contributed by atoms with van der Waals surface area (Å²) < 4.78 is 18.2. The van der Waals surface area contributed by atoms with E-state index in [2.05, 4.69) is 4.99 Å². The van der Waals surface area contributed by atoms with Crippen LogP contribution in [0, 0.1) is 0 Å². The lowest BCUT2D eigenvalue weighted by Crippen LogP contribution is -2.40. The van der Waals surface area contributed by atoms with Gasteiger partial charge in [-0.1, -0.05) is 29.5 Å². The van der Waals surface area contributed by atoms with Crippen LogP contribution in [0.1, 0.15) is 31.2 Å². The van der Waals surface area contributed by atoms with Crippen LogP contribution in [0.5, 0.6) is 5.75 Å². The molecule has 1 aliphatic heterocycles. The van der Waals surface area contributed by atoms with E-state index in [0.29, 0.717) is 37.7 Å². The summed E-state index contributed by atoms with van der Waals surface area (Å²) in [6.07, 6.45) is 3.22. The van der Waals surface area contributed by atoms with Crippen LogP contribution in [-0.4, -0.2) is 24.3 Å². The predicted octanol–water partition coefficient (Wildman–Crippen LogP) is 2.40. The summed E-state index contributed by atoms with van der Waals surface area (Å²) in [7, 11) is 1.56. The number of nitrogens with zero attached hydrogens (tertiary/aromatic N) is 2. The maximum Gasteiger partial charge on any atom is 0.338 e. The van der Waals surface area contributed by atoms with Crippen LogP contribution in [0.4, 0.5) is 0 Å². The van der Waals surface area contributed by atoms with Crippen molar-refractivity contribution in [2.75, 3.05) is 13.7 Å². The fraction of sp³-hybridized carbons (Fsp3) is 0.227. The molecule has 154 valence electrons. The van der Waals surface area contributed by atoms with Gasteiger partial charge in [0.15, 0.2) is 4.80 Å². The summed E-state index contributed by atoms with van der Waals surface area (Å²) in [4.78, 5) is 31.3. The molecule has 1 aromatic carbocycles. The number of esters is 1. The van der Waals surface area contributed by atoms with E-state index < -0.39 is 12.0 Å². The highest BCUT2D eigenvalue weighted by atomic mass is 32.1. The molecule has 1 unspecified atom stereocenters. The van der Waals surface area contributed by atoms with Gasteiger partial charge in [-0.25, -0.2) is 9.79 Å². The van der Waals surface area contributed by atoms with Crippen molar-refractivity contribution in [2.45, 2.75) is 19.9 Å². The zero-order valence-corrected chi connectivity index (χ0v) is 17.6. The zero-order chi connectivity index (χ0) is 21.3. The average molecular weight is 424 g/mol. The topological polar surface area (TPSA) is 83.0 Å². The zero-order valence-electron chi connectivity index (χ0n) is 16.7. The highest BCUT2D eigenvalue weighted by molar-refractivity contribution is 7.07. The third-order valence-electron chi connectivity index (χ3n) is 4.77. The maximum atomic E-state index is 13.4. The first-order valence-electron chi connectivity index (χ1n) is 9.41. The number of hydrogen-bond donors (Lipinski definition) is 0. The molecule has 1 aliphatic rings. The van der Waals surface area contributed by atoms with Gasteiger partial charge in [0, 0.05) is 11.6 Å². The van der Waals surface area contributed by atoms with E-state index >= 15 is 0 Å². The Morgan fingerprint density at radius 3 is 2.80 bits per heavy atom. The lowest BCUT2D eigenvalue weighted by Gasteiger charge is -2.25. The SMILES string of the molecule is CCOC(=O)C1=C(C)N=c2s/c(=C/c3ccco3)c(=O)n2C1c1ccccc1OC. The minimum absolute atomic E-state index is 0.219. The van der Waals surface area contributed by atoms with Crippen molar-refractivity contribution >= 4 is 23.4 Å². The summed E-state index contributed by atoms with van der Waals surface area (Å²) in [5, 5.41) is 0. The standard InChI is InChI=1S/C22H20N2O5S/c1-4-28-21(26)18-13(2)23-22-24(19(18)15-9-5-6-10-16(15)27-3)20(25)17(30-22)12-14-8-7-11-29-14/h5-12,19H,4H2,1-3H3/b17-12+. The molecule has 0 spiro atoms. The van der Waals surface area contributed by atoms with Gasteiger partial charge in [0.1, 0.15) is 17.6 Å². The Bertz CT molecular complexity index is 1300. The second-order valence-corrected chi connectivity index (χ2v) is 7.57. The average Bonchev–Trinajstić information content (AvgIpc) is 3.35. The summed E-state index contributed by atoms with van der Waals surface area (Å²) in [5.74, 6) is 0.630. The number of fused-ring (bicyclic) bond motifs is 1. The number of ether oxygens (including phenoxy) is 2. The maximum absolute atomic E-state index is 13.4. The Labute approximate surface area is 176 Å². The molecule has 0 radical (unpaired) electrons. The Morgan fingerprint density at radius 1 is 1.30 bits per heavy atom. The van der Waals surface area contributed by atoms with E-state index in [-0.39, 0.29) is 12.2 Å². The Hall–Kier alpha value is -3.39. The number of carbonyl (C=O) groups is 1. The predicted molar refractivity (Wildman–Crippen MR) is 112 cm³/mol. The first kappa shape index (κ1) is 19.9. The van der Waals surface area contributed by atoms with E-state index in [1.165, 1.54) is 15.9 Å². The van der Waals surface area contributed by atoms with E-state index in [9.17, 15) is 9.59 Å². The van der Waals surface area contributed by atoms with Crippen LogP contribution >= 0.6 is 11.3 Å². The van der Waals surface area contributed by atoms with Crippen molar-refractivity contribution in [3.8, 4) is 5.75 Å². The van der Waals surface area contributed by atoms with Crippen LogP contribution in [0.25, 0.3) is 6.08 Å². The largest absolute Gasteiger partial charge is 0.496 e. The number of thiazole rings is 1. The molecule has 0 saturated heterocycles. The van der Waals surface area contributed by atoms with Gasteiger partial charge in [-0.2, -0.15) is 0 Å². The molecule has 0 aliphatic carbocycles. The minimum atomic E-state index is -0.713. The summed E-state index contributed by atoms with van der Waals surface area (Å²) in [5.41, 5.74) is 1.25. The van der Waals surface area contributed by atoms with Crippen LogP contribution in [0.15, 0.2) is 68.1 Å². The Balaban J connectivity index is 2.01. The quantitative estimate of drug-likeness (QED) is 0.588. The second kappa shape index (κ2) is 8.16. The highest BCUT2D eigenvalue weighted by Gasteiger charge is 2.34. The number of hydrogen-bond acceptors (Lipinski definition) is 7. The van der Waals surface area contributed by atoms with Crippen LogP contribution in [0.2, 0.25) is 0 Å². The van der Waals surface area contributed by atoms with Gasteiger partial charge in [0.2, 0.25) is 0 Å². The van der Waals surface area contributed by atoms with Crippen molar-refractivity contribution in [1.29, 1.82) is 0 Å². The molecular formula is C22H20N2O5S. The fourth-order valence-electron chi connectivity index (χ4n) is 3.48. The normalized spacial score (nSPS) is 16.2. The molecule has 0 fully saturated rings. The lowest BCUT2D eigenvalue weighted by molar-refractivity contribution is -0.139. The lowest BCUT2D eigenvalue weighted by atomic mass is 9.95. The van der Waals surface area contributed by atoms with Crippen LogP contribution < -0.4 is 19.6 Å². The van der Waals surface area contributed by atoms with Gasteiger partial charge in [-0.05, 0) is 32.0 Å². The number of para-hydroxylation sites is 1. The fourth-order valence-corrected chi connectivity index (χ4v) is 4.51. The molecule has 4 rings (SSSR count). The molecular weight excluding hydrogens is 404 g/mol. The van der Waals surface area contributed by atoms with Crippen molar-refractivity contribution in [3.05, 3.63) is 84.9 Å². The van der Waals surface area contributed by atoms with E-state index in [1.54, 1.807) is 51.5 Å². The number of allylic oxidation sites excluding steroid dienone is 1. The Kier molecular flexibility index (Phi) is 5.41. The third kappa shape index (κ3) is 3.39. The molecule has 0 N–H and O–H groups in total. The molecule has 0 bridgehead atoms. The smallest absolute Gasteiger partial charge is 0.338 e.